The van der Waals surface area contributed by atoms with Gasteiger partial charge in [0.05, 0.1) is 0 Å². The largest absolute Gasteiger partial charge is 0.489 e. The first-order valence-electron chi connectivity index (χ1n) is 9.51. The summed E-state index contributed by atoms with van der Waals surface area (Å²) in [6.45, 7) is 0.609. The van der Waals surface area contributed by atoms with E-state index in [1.54, 1.807) is 11.3 Å². The van der Waals surface area contributed by atoms with Gasteiger partial charge in [-0.1, -0.05) is 48.5 Å². The van der Waals surface area contributed by atoms with Crippen molar-refractivity contribution in [2.75, 3.05) is 0 Å². The minimum Gasteiger partial charge on any atom is -0.489 e. The second-order valence-corrected chi connectivity index (χ2v) is 8.92. The zero-order valence-electron chi connectivity index (χ0n) is 15.4. The molecule has 0 atom stereocenters. The van der Waals surface area contributed by atoms with Gasteiger partial charge >= 0.3 is 0 Å². The number of ether oxygens (including phenoxy) is 1. The van der Waals surface area contributed by atoms with E-state index in [-0.39, 0.29) is 0 Å². The van der Waals surface area contributed by atoms with Gasteiger partial charge in [0.25, 0.3) is 0 Å². The molecule has 2 aromatic carbocycles. The molecule has 0 bridgehead atoms. The lowest BCUT2D eigenvalue weighted by Crippen LogP contribution is -2.02. The molecule has 0 amide bonds. The number of rotatable bonds is 5. The van der Waals surface area contributed by atoms with Gasteiger partial charge in [0.15, 0.2) is 0 Å². The highest BCUT2D eigenvalue weighted by atomic mass is 32.1. The molecule has 0 saturated carbocycles. The number of hydrogen-bond donors (Lipinski definition) is 0. The summed E-state index contributed by atoms with van der Waals surface area (Å²) in [5.74, 6) is 0.953. The van der Waals surface area contributed by atoms with E-state index in [4.69, 9.17) is 4.74 Å². The molecular formula is C25H20OS2. The lowest BCUT2D eigenvalue weighted by Gasteiger charge is -2.18. The Hall–Kier alpha value is -2.62. The van der Waals surface area contributed by atoms with E-state index >= 15 is 0 Å². The van der Waals surface area contributed by atoms with Crippen molar-refractivity contribution in [3.05, 3.63) is 106 Å². The third kappa shape index (κ3) is 3.56. The molecule has 5 rings (SSSR count). The fourth-order valence-electron chi connectivity index (χ4n) is 3.62. The number of allylic oxidation sites excluding steroid dienone is 1. The van der Waals surface area contributed by atoms with Gasteiger partial charge in [-0.25, -0.2) is 0 Å². The van der Waals surface area contributed by atoms with Gasteiger partial charge in [0.1, 0.15) is 12.4 Å². The molecule has 4 aromatic rings. The van der Waals surface area contributed by atoms with E-state index in [0.717, 1.165) is 18.6 Å². The van der Waals surface area contributed by atoms with Crippen LogP contribution in [-0.4, -0.2) is 0 Å². The van der Waals surface area contributed by atoms with Crippen molar-refractivity contribution in [2.45, 2.75) is 19.4 Å². The maximum absolute atomic E-state index is 6.04. The smallest absolute Gasteiger partial charge is 0.120 e. The van der Waals surface area contributed by atoms with Crippen LogP contribution in [0.3, 0.4) is 0 Å². The van der Waals surface area contributed by atoms with Crippen LogP contribution in [0, 0.1) is 0 Å². The van der Waals surface area contributed by atoms with Gasteiger partial charge in [0, 0.05) is 14.6 Å². The molecule has 0 spiro atoms. The Labute approximate surface area is 173 Å². The minimum atomic E-state index is 0.609. The van der Waals surface area contributed by atoms with E-state index in [1.807, 2.05) is 29.5 Å². The number of benzene rings is 2. The summed E-state index contributed by atoms with van der Waals surface area (Å²) in [5, 5.41) is 2.14. The first-order chi connectivity index (χ1) is 13.9. The Morgan fingerprint density at radius 2 is 1.71 bits per heavy atom. The first kappa shape index (κ1) is 17.5. The molecule has 0 N–H and O–H groups in total. The van der Waals surface area contributed by atoms with Crippen LogP contribution in [0.5, 0.6) is 5.75 Å². The maximum atomic E-state index is 6.04. The lowest BCUT2D eigenvalue weighted by atomic mass is 9.90. The molecule has 2 heterocycles. The summed E-state index contributed by atoms with van der Waals surface area (Å²) >= 11 is 3.68. The van der Waals surface area contributed by atoms with Crippen molar-refractivity contribution in [1.29, 1.82) is 0 Å². The third-order valence-corrected chi connectivity index (χ3v) is 7.20. The van der Waals surface area contributed by atoms with E-state index in [9.17, 15) is 0 Å². The van der Waals surface area contributed by atoms with Gasteiger partial charge in [-0.3, -0.25) is 0 Å². The second kappa shape index (κ2) is 7.78. The van der Waals surface area contributed by atoms with Crippen LogP contribution in [0.4, 0.5) is 0 Å². The molecule has 0 saturated heterocycles. The van der Waals surface area contributed by atoms with Crippen LogP contribution in [0.2, 0.25) is 0 Å². The SMILES string of the molecule is C1=C(c2ccc(-c3cccs3)s2)c2ccc(OCc3ccccc3)cc2CC1. The molecule has 0 unspecified atom stereocenters. The van der Waals surface area contributed by atoms with E-state index in [1.165, 1.54) is 36.9 Å². The average Bonchev–Trinajstić information content (AvgIpc) is 3.44. The van der Waals surface area contributed by atoms with E-state index in [2.05, 4.69) is 66.1 Å². The fourth-order valence-corrected chi connectivity index (χ4v) is 5.51. The van der Waals surface area contributed by atoms with Crippen molar-refractivity contribution in [3.8, 4) is 15.5 Å². The van der Waals surface area contributed by atoms with Crippen LogP contribution in [0.15, 0.2) is 84.3 Å². The molecule has 0 aliphatic heterocycles. The minimum absolute atomic E-state index is 0.609. The van der Waals surface area contributed by atoms with Gasteiger partial charge in [0.2, 0.25) is 0 Å². The molecule has 1 aliphatic carbocycles. The topological polar surface area (TPSA) is 9.23 Å². The van der Waals surface area contributed by atoms with Crippen molar-refractivity contribution in [1.82, 2.24) is 0 Å². The Bertz CT molecular complexity index is 1100. The lowest BCUT2D eigenvalue weighted by molar-refractivity contribution is 0.306. The highest BCUT2D eigenvalue weighted by molar-refractivity contribution is 7.21. The average molecular weight is 401 g/mol. The Balaban J connectivity index is 1.38. The highest BCUT2D eigenvalue weighted by Gasteiger charge is 2.17. The van der Waals surface area contributed by atoms with Crippen molar-refractivity contribution in [2.24, 2.45) is 0 Å². The Morgan fingerprint density at radius 3 is 2.57 bits per heavy atom. The molecule has 1 aliphatic rings. The molecule has 28 heavy (non-hydrogen) atoms. The third-order valence-electron chi connectivity index (χ3n) is 5.01. The summed E-state index contributed by atoms with van der Waals surface area (Å²) in [6.07, 6.45) is 4.54. The molecule has 138 valence electrons. The summed E-state index contributed by atoms with van der Waals surface area (Å²) in [7, 11) is 0. The fraction of sp³-hybridized carbons (Fsp3) is 0.120. The number of aryl methyl sites for hydroxylation is 1. The summed E-state index contributed by atoms with van der Waals surface area (Å²) < 4.78 is 6.04. The Kier molecular flexibility index (Phi) is 4.86. The van der Waals surface area contributed by atoms with Crippen LogP contribution in [0.25, 0.3) is 15.3 Å². The van der Waals surface area contributed by atoms with E-state index in [0.29, 0.717) is 6.61 Å². The number of thiophene rings is 2. The summed E-state index contributed by atoms with van der Waals surface area (Å²) in [5.41, 5.74) is 5.29. The molecule has 0 radical (unpaired) electrons. The maximum Gasteiger partial charge on any atom is 0.120 e. The quantitative estimate of drug-likeness (QED) is 0.338. The predicted molar refractivity (Wildman–Crippen MR) is 120 cm³/mol. The predicted octanol–water partition coefficient (Wildman–Crippen LogP) is 7.43. The first-order valence-corrected chi connectivity index (χ1v) is 11.2. The summed E-state index contributed by atoms with van der Waals surface area (Å²) in [6, 6.07) is 25.7. The van der Waals surface area contributed by atoms with Crippen LogP contribution < -0.4 is 4.74 Å². The summed E-state index contributed by atoms with van der Waals surface area (Å²) in [4.78, 5) is 4.04. The van der Waals surface area contributed by atoms with Crippen LogP contribution in [-0.2, 0) is 13.0 Å². The zero-order chi connectivity index (χ0) is 18.8. The highest BCUT2D eigenvalue weighted by Crippen LogP contribution is 2.40. The van der Waals surface area contributed by atoms with E-state index < -0.39 is 0 Å². The van der Waals surface area contributed by atoms with Gasteiger partial charge in [-0.15, -0.1) is 22.7 Å². The van der Waals surface area contributed by atoms with Crippen LogP contribution in [0.1, 0.15) is 28.0 Å². The molecule has 3 heteroatoms. The number of hydrogen-bond acceptors (Lipinski definition) is 3. The molecule has 1 nitrogen and oxygen atoms in total. The molecular weight excluding hydrogens is 380 g/mol. The number of fused-ring (bicyclic) bond motifs is 1. The van der Waals surface area contributed by atoms with Crippen molar-refractivity contribution in [3.63, 3.8) is 0 Å². The van der Waals surface area contributed by atoms with Crippen LogP contribution >= 0.6 is 22.7 Å². The normalized spacial score (nSPS) is 13.1. The van der Waals surface area contributed by atoms with Crippen molar-refractivity contribution >= 4 is 28.2 Å². The van der Waals surface area contributed by atoms with Gasteiger partial charge in [-0.05, 0) is 70.8 Å². The standard InChI is InChI=1S/C25H20OS2/c1-2-6-18(7-3-1)17-26-20-11-12-21-19(16-20)8-4-9-22(21)23-13-14-25(28-23)24-10-5-15-27-24/h1-3,5-7,9-16H,4,8,17H2. The molecule has 0 fully saturated rings. The van der Waals surface area contributed by atoms with Gasteiger partial charge < -0.3 is 4.74 Å². The second-order valence-electron chi connectivity index (χ2n) is 6.89. The Morgan fingerprint density at radius 1 is 0.821 bits per heavy atom. The monoisotopic (exact) mass is 400 g/mol. The van der Waals surface area contributed by atoms with Crippen molar-refractivity contribution < 1.29 is 4.74 Å². The zero-order valence-corrected chi connectivity index (χ0v) is 17.1. The van der Waals surface area contributed by atoms with Gasteiger partial charge in [-0.2, -0.15) is 0 Å². The molecule has 2 aromatic heterocycles.